The molecule has 0 saturated carbocycles. The van der Waals surface area contributed by atoms with Gasteiger partial charge in [-0.05, 0) is 24.1 Å². The minimum absolute atomic E-state index is 0.0511. The molecule has 0 aliphatic rings. The molecule has 5 nitrogen and oxygen atoms in total. The molecular weight excluding hydrogens is 401 g/mol. The monoisotopic (exact) mass is 418 g/mol. The van der Waals surface area contributed by atoms with Crippen LogP contribution in [0, 0.1) is 5.92 Å². The number of ether oxygens (including phenoxy) is 2. The quantitative estimate of drug-likeness (QED) is 0.599. The summed E-state index contributed by atoms with van der Waals surface area (Å²) in [7, 11) is 0. The lowest BCUT2D eigenvalue weighted by molar-refractivity contribution is -0.0516. The molecule has 1 atom stereocenters. The first-order chi connectivity index (χ1) is 12.8. The number of anilines is 1. The molecule has 1 heterocycles. The van der Waals surface area contributed by atoms with E-state index in [0.29, 0.717) is 6.61 Å². The second kappa shape index (κ2) is 9.71. The molecule has 146 valence electrons. The number of aromatic nitrogens is 1. The molecule has 0 saturated heterocycles. The minimum Gasteiger partial charge on any atom is -0.489 e. The van der Waals surface area contributed by atoms with E-state index in [1.165, 1.54) is 30.6 Å². The normalized spacial score (nSPS) is 12.0. The molecule has 1 aromatic heterocycles. The number of nitrogens with one attached hydrogen (secondary N) is 1. The lowest BCUT2D eigenvalue weighted by Gasteiger charge is -2.16. The average Bonchev–Trinajstić information content (AvgIpc) is 2.63. The number of alkyl halides is 2. The average molecular weight is 419 g/mol. The van der Waals surface area contributed by atoms with Gasteiger partial charge in [-0.1, -0.05) is 43.5 Å². The van der Waals surface area contributed by atoms with E-state index in [-0.39, 0.29) is 38.7 Å². The van der Waals surface area contributed by atoms with Gasteiger partial charge in [-0.25, -0.2) is 0 Å². The van der Waals surface area contributed by atoms with Crippen LogP contribution in [0.3, 0.4) is 0 Å². The number of amides is 1. The highest BCUT2D eigenvalue weighted by atomic mass is 35.5. The molecule has 2 aromatic rings. The number of carbonyl (C=O) groups excluding carboxylic acids is 1. The van der Waals surface area contributed by atoms with Gasteiger partial charge in [0, 0.05) is 18.0 Å². The predicted molar refractivity (Wildman–Crippen MR) is 100 cm³/mol. The minimum atomic E-state index is -3.01. The number of rotatable bonds is 8. The number of pyridine rings is 1. The number of hydrogen-bond donors (Lipinski definition) is 1. The van der Waals surface area contributed by atoms with Gasteiger partial charge in [0.1, 0.15) is 0 Å². The van der Waals surface area contributed by atoms with Crippen molar-refractivity contribution in [2.24, 2.45) is 5.92 Å². The van der Waals surface area contributed by atoms with Gasteiger partial charge in [-0.3, -0.25) is 9.78 Å². The summed E-state index contributed by atoms with van der Waals surface area (Å²) in [4.78, 5) is 16.3. The Labute approximate surface area is 165 Å². The van der Waals surface area contributed by atoms with Gasteiger partial charge in [-0.15, -0.1) is 0 Å². The highest BCUT2D eigenvalue weighted by Crippen LogP contribution is 2.32. The van der Waals surface area contributed by atoms with Crippen molar-refractivity contribution >= 4 is 34.8 Å². The lowest BCUT2D eigenvalue weighted by Crippen LogP contribution is -2.14. The Morgan fingerprint density at radius 1 is 1.22 bits per heavy atom. The third-order valence-corrected chi connectivity index (χ3v) is 4.31. The Morgan fingerprint density at radius 3 is 2.48 bits per heavy atom. The molecule has 0 bridgehead atoms. The number of nitrogens with zero attached hydrogens (tertiary/aromatic N) is 1. The standard InChI is InChI=1S/C18H18Cl2F2N2O3/c1-3-10(2)9-26-15-6-11(4-5-14(15)27-18(21)22)17(25)24-16-12(19)7-23-8-13(16)20/h4-8,10,18H,3,9H2,1-2H3,(H,23,24,25). The van der Waals surface area contributed by atoms with E-state index in [9.17, 15) is 13.6 Å². The van der Waals surface area contributed by atoms with Crippen molar-refractivity contribution < 1.29 is 23.0 Å². The molecule has 0 radical (unpaired) electrons. The SMILES string of the molecule is CCC(C)COc1cc(C(=O)Nc2c(Cl)cncc2Cl)ccc1OC(F)F. The Bertz CT molecular complexity index is 786. The molecular formula is C18H18Cl2F2N2O3. The molecule has 1 unspecified atom stereocenters. The zero-order valence-corrected chi connectivity index (χ0v) is 16.2. The second-order valence-corrected chi connectivity index (χ2v) is 6.61. The number of benzene rings is 1. The maximum atomic E-state index is 12.6. The molecule has 0 aliphatic heterocycles. The third-order valence-electron chi connectivity index (χ3n) is 3.73. The molecule has 9 heteroatoms. The van der Waals surface area contributed by atoms with Crippen LogP contribution in [-0.2, 0) is 0 Å². The fourth-order valence-electron chi connectivity index (χ4n) is 2.02. The largest absolute Gasteiger partial charge is 0.489 e. The van der Waals surface area contributed by atoms with Crippen LogP contribution in [0.15, 0.2) is 30.6 Å². The predicted octanol–water partition coefficient (Wildman–Crippen LogP) is 5.67. The van der Waals surface area contributed by atoms with Crippen LogP contribution in [0.5, 0.6) is 11.5 Å². The first kappa shape index (κ1) is 21.2. The van der Waals surface area contributed by atoms with E-state index < -0.39 is 12.5 Å². The molecule has 0 aliphatic carbocycles. The molecule has 1 aromatic carbocycles. The van der Waals surface area contributed by atoms with Crippen molar-refractivity contribution in [3.8, 4) is 11.5 Å². The van der Waals surface area contributed by atoms with E-state index in [1.54, 1.807) is 0 Å². The lowest BCUT2D eigenvalue weighted by atomic mass is 10.1. The highest BCUT2D eigenvalue weighted by Gasteiger charge is 2.17. The number of hydrogen-bond acceptors (Lipinski definition) is 4. The summed E-state index contributed by atoms with van der Waals surface area (Å²) in [5.41, 5.74) is 0.369. The van der Waals surface area contributed by atoms with Crippen LogP contribution >= 0.6 is 23.2 Å². The van der Waals surface area contributed by atoms with Gasteiger partial charge >= 0.3 is 6.61 Å². The first-order valence-corrected chi connectivity index (χ1v) is 8.89. The summed E-state index contributed by atoms with van der Waals surface area (Å²) in [6.07, 6.45) is 3.52. The van der Waals surface area contributed by atoms with E-state index in [2.05, 4.69) is 15.0 Å². The Morgan fingerprint density at radius 2 is 1.89 bits per heavy atom. The van der Waals surface area contributed by atoms with Gasteiger partial charge in [0.15, 0.2) is 11.5 Å². The molecule has 1 N–H and O–H groups in total. The topological polar surface area (TPSA) is 60.5 Å². The fourth-order valence-corrected chi connectivity index (χ4v) is 2.48. The van der Waals surface area contributed by atoms with Crippen LogP contribution in [0.25, 0.3) is 0 Å². The smallest absolute Gasteiger partial charge is 0.387 e. The maximum Gasteiger partial charge on any atom is 0.387 e. The Hall–Kier alpha value is -2.12. The van der Waals surface area contributed by atoms with Crippen molar-refractivity contribution in [1.82, 2.24) is 4.98 Å². The summed E-state index contributed by atoms with van der Waals surface area (Å²) < 4.78 is 35.3. The zero-order chi connectivity index (χ0) is 20.0. The Balaban J connectivity index is 2.26. The Kier molecular flexibility index (Phi) is 7.62. The van der Waals surface area contributed by atoms with Crippen molar-refractivity contribution in [3.05, 3.63) is 46.2 Å². The molecule has 27 heavy (non-hydrogen) atoms. The first-order valence-electron chi connectivity index (χ1n) is 8.13. The van der Waals surface area contributed by atoms with Crippen LogP contribution < -0.4 is 14.8 Å². The van der Waals surface area contributed by atoms with Crippen molar-refractivity contribution in [3.63, 3.8) is 0 Å². The summed E-state index contributed by atoms with van der Waals surface area (Å²) in [5, 5.41) is 2.91. The van der Waals surface area contributed by atoms with Gasteiger partial charge in [0.25, 0.3) is 5.91 Å². The summed E-state index contributed by atoms with van der Waals surface area (Å²) in [5.74, 6) is -0.432. The van der Waals surface area contributed by atoms with E-state index >= 15 is 0 Å². The molecule has 0 fully saturated rings. The highest BCUT2D eigenvalue weighted by molar-refractivity contribution is 6.39. The maximum absolute atomic E-state index is 12.6. The van der Waals surface area contributed by atoms with E-state index in [0.717, 1.165) is 6.42 Å². The van der Waals surface area contributed by atoms with E-state index in [1.807, 2.05) is 13.8 Å². The number of halogens is 4. The summed E-state index contributed by atoms with van der Waals surface area (Å²) >= 11 is 12.0. The van der Waals surface area contributed by atoms with Gasteiger partial charge in [-0.2, -0.15) is 8.78 Å². The third kappa shape index (κ3) is 5.94. The van der Waals surface area contributed by atoms with Crippen LogP contribution in [0.4, 0.5) is 14.5 Å². The van der Waals surface area contributed by atoms with E-state index in [4.69, 9.17) is 27.9 Å². The summed E-state index contributed by atoms with van der Waals surface area (Å²) in [6.45, 7) is 1.22. The van der Waals surface area contributed by atoms with Crippen molar-refractivity contribution in [2.45, 2.75) is 26.9 Å². The zero-order valence-electron chi connectivity index (χ0n) is 14.6. The van der Waals surface area contributed by atoms with Crippen molar-refractivity contribution in [2.75, 3.05) is 11.9 Å². The van der Waals surface area contributed by atoms with Crippen LogP contribution in [0.1, 0.15) is 30.6 Å². The molecule has 0 spiro atoms. The van der Waals surface area contributed by atoms with Crippen LogP contribution in [-0.4, -0.2) is 24.1 Å². The fraction of sp³-hybridized carbons (Fsp3) is 0.333. The second-order valence-electron chi connectivity index (χ2n) is 5.80. The molecule has 2 rings (SSSR count). The summed E-state index contributed by atoms with van der Waals surface area (Å²) in [6, 6.07) is 3.92. The number of carbonyl (C=O) groups is 1. The molecule has 1 amide bonds. The van der Waals surface area contributed by atoms with Gasteiger partial charge in [0.2, 0.25) is 0 Å². The van der Waals surface area contributed by atoms with Gasteiger partial charge in [0.05, 0.1) is 22.3 Å². The van der Waals surface area contributed by atoms with Crippen molar-refractivity contribution in [1.29, 1.82) is 0 Å². The van der Waals surface area contributed by atoms with Gasteiger partial charge < -0.3 is 14.8 Å². The van der Waals surface area contributed by atoms with Crippen LogP contribution in [0.2, 0.25) is 10.0 Å².